The van der Waals surface area contributed by atoms with Crippen molar-refractivity contribution < 1.29 is 9.13 Å². The summed E-state index contributed by atoms with van der Waals surface area (Å²) in [6.07, 6.45) is 1.08. The zero-order valence-electron chi connectivity index (χ0n) is 11.4. The van der Waals surface area contributed by atoms with Gasteiger partial charge >= 0.3 is 0 Å². The summed E-state index contributed by atoms with van der Waals surface area (Å²) in [4.78, 5) is 4.62. The van der Waals surface area contributed by atoms with Crippen LogP contribution in [-0.4, -0.2) is 50.3 Å². The summed E-state index contributed by atoms with van der Waals surface area (Å²) in [5.74, 6) is -0.339. The van der Waals surface area contributed by atoms with Gasteiger partial charge in [-0.05, 0) is 24.6 Å². The Bertz CT molecular complexity index is 522. The third-order valence-corrected chi connectivity index (χ3v) is 4.10. The van der Waals surface area contributed by atoms with Crippen molar-refractivity contribution in [3.05, 3.63) is 29.6 Å². The predicted molar refractivity (Wildman–Crippen MR) is 74.1 cm³/mol. The van der Waals surface area contributed by atoms with E-state index in [1.165, 1.54) is 12.1 Å². The number of rotatable bonds is 2. The second-order valence-corrected chi connectivity index (χ2v) is 5.35. The fourth-order valence-electron chi connectivity index (χ4n) is 3.04. The summed E-state index contributed by atoms with van der Waals surface area (Å²) in [5.41, 5.74) is 1.20. The molecule has 2 aliphatic rings. The highest BCUT2D eigenvalue weighted by Gasteiger charge is 2.29. The van der Waals surface area contributed by atoms with Crippen molar-refractivity contribution in [1.29, 1.82) is 5.26 Å². The van der Waals surface area contributed by atoms with Gasteiger partial charge in [-0.3, -0.25) is 4.90 Å². The first-order valence-electron chi connectivity index (χ1n) is 7.04. The van der Waals surface area contributed by atoms with E-state index in [1.54, 1.807) is 6.07 Å². The molecule has 2 fully saturated rings. The van der Waals surface area contributed by atoms with Crippen molar-refractivity contribution in [1.82, 2.24) is 4.90 Å². The summed E-state index contributed by atoms with van der Waals surface area (Å²) >= 11 is 0. The molecule has 3 rings (SSSR count). The van der Waals surface area contributed by atoms with Crippen LogP contribution in [0.4, 0.5) is 10.1 Å². The van der Waals surface area contributed by atoms with Crippen molar-refractivity contribution in [2.75, 3.05) is 44.3 Å². The molecule has 1 aromatic rings. The maximum absolute atomic E-state index is 13.5. The molecule has 1 unspecified atom stereocenters. The van der Waals surface area contributed by atoms with Crippen LogP contribution in [0.1, 0.15) is 12.0 Å². The summed E-state index contributed by atoms with van der Waals surface area (Å²) in [6.45, 7) is 5.37. The molecule has 1 atom stereocenters. The first kappa shape index (κ1) is 13.3. The molecule has 2 saturated heterocycles. The molecule has 5 heteroatoms. The summed E-state index contributed by atoms with van der Waals surface area (Å²) < 4.78 is 18.9. The molecule has 0 saturated carbocycles. The van der Waals surface area contributed by atoms with Crippen molar-refractivity contribution in [2.45, 2.75) is 12.5 Å². The molecule has 4 nitrogen and oxygen atoms in total. The largest absolute Gasteiger partial charge is 0.379 e. The van der Waals surface area contributed by atoms with E-state index in [9.17, 15) is 4.39 Å². The van der Waals surface area contributed by atoms with Crippen LogP contribution in [0.15, 0.2) is 18.2 Å². The van der Waals surface area contributed by atoms with Crippen molar-refractivity contribution >= 4 is 5.69 Å². The minimum absolute atomic E-state index is 0.339. The van der Waals surface area contributed by atoms with Gasteiger partial charge in [0.25, 0.3) is 0 Å². The minimum atomic E-state index is -0.339. The van der Waals surface area contributed by atoms with E-state index in [0.29, 0.717) is 11.6 Å². The minimum Gasteiger partial charge on any atom is -0.379 e. The van der Waals surface area contributed by atoms with Crippen LogP contribution in [-0.2, 0) is 4.74 Å². The van der Waals surface area contributed by atoms with Gasteiger partial charge in [0, 0.05) is 37.9 Å². The fraction of sp³-hybridized carbons (Fsp3) is 0.533. The molecule has 0 N–H and O–H groups in total. The van der Waals surface area contributed by atoms with Gasteiger partial charge < -0.3 is 9.64 Å². The van der Waals surface area contributed by atoms with Gasteiger partial charge in [0.15, 0.2) is 0 Å². The van der Waals surface area contributed by atoms with Gasteiger partial charge in [0.05, 0.1) is 24.8 Å². The highest BCUT2D eigenvalue weighted by atomic mass is 19.1. The molecule has 0 bridgehead atoms. The standard InChI is InChI=1S/C15H18FN3O/c16-13-7-12(10-17)8-15(9-13)19-2-1-14(11-19)18-3-5-20-6-4-18/h7-9,14H,1-6,11H2. The number of nitrogens with zero attached hydrogens (tertiary/aromatic N) is 3. The van der Waals surface area contributed by atoms with Crippen molar-refractivity contribution in [3.63, 3.8) is 0 Å². The van der Waals surface area contributed by atoms with Gasteiger partial charge in [-0.1, -0.05) is 0 Å². The predicted octanol–water partition coefficient (Wildman–Crippen LogP) is 1.61. The van der Waals surface area contributed by atoms with E-state index >= 15 is 0 Å². The molecule has 1 aromatic carbocycles. The SMILES string of the molecule is N#Cc1cc(F)cc(N2CCC(N3CCOCC3)C2)c1. The molecular weight excluding hydrogens is 257 g/mol. The highest BCUT2D eigenvalue weighted by molar-refractivity contribution is 5.52. The summed E-state index contributed by atoms with van der Waals surface area (Å²) in [6, 6.07) is 7.08. The molecular formula is C15H18FN3O. The molecule has 0 aliphatic carbocycles. The Hall–Kier alpha value is -1.64. The molecule has 2 heterocycles. The normalized spacial score (nSPS) is 23.8. The Morgan fingerprint density at radius 3 is 2.75 bits per heavy atom. The van der Waals surface area contributed by atoms with E-state index in [4.69, 9.17) is 10.00 Å². The van der Waals surface area contributed by atoms with Crippen LogP contribution < -0.4 is 4.90 Å². The van der Waals surface area contributed by atoms with Gasteiger partial charge in [0.2, 0.25) is 0 Å². The third kappa shape index (κ3) is 2.77. The molecule has 2 aliphatic heterocycles. The lowest BCUT2D eigenvalue weighted by atomic mass is 10.2. The number of nitriles is 1. The van der Waals surface area contributed by atoms with Crippen LogP contribution in [0, 0.1) is 17.1 Å². The number of morpholine rings is 1. The van der Waals surface area contributed by atoms with E-state index in [2.05, 4.69) is 9.80 Å². The number of anilines is 1. The fourth-order valence-corrected chi connectivity index (χ4v) is 3.04. The molecule has 0 aromatic heterocycles. The lowest BCUT2D eigenvalue weighted by Gasteiger charge is -2.32. The van der Waals surface area contributed by atoms with Crippen LogP contribution in [0.25, 0.3) is 0 Å². The van der Waals surface area contributed by atoms with Gasteiger partial charge in [-0.15, -0.1) is 0 Å². The second-order valence-electron chi connectivity index (χ2n) is 5.35. The zero-order chi connectivity index (χ0) is 13.9. The number of ether oxygens (including phenoxy) is 1. The third-order valence-electron chi connectivity index (χ3n) is 4.10. The zero-order valence-corrected chi connectivity index (χ0v) is 11.4. The van der Waals surface area contributed by atoms with Crippen LogP contribution in [0.2, 0.25) is 0 Å². The summed E-state index contributed by atoms with van der Waals surface area (Å²) in [7, 11) is 0. The average molecular weight is 275 g/mol. The van der Waals surface area contributed by atoms with Gasteiger partial charge in [-0.2, -0.15) is 5.26 Å². The Balaban J connectivity index is 1.70. The maximum atomic E-state index is 13.5. The van der Waals surface area contributed by atoms with Gasteiger partial charge in [0.1, 0.15) is 5.82 Å². The highest BCUT2D eigenvalue weighted by Crippen LogP contribution is 2.25. The van der Waals surface area contributed by atoms with E-state index in [1.807, 2.05) is 6.07 Å². The topological polar surface area (TPSA) is 39.5 Å². The summed E-state index contributed by atoms with van der Waals surface area (Å²) in [5, 5.41) is 8.93. The Morgan fingerprint density at radius 2 is 2.00 bits per heavy atom. The lowest BCUT2D eigenvalue weighted by molar-refractivity contribution is 0.0209. The second kappa shape index (κ2) is 5.78. The smallest absolute Gasteiger partial charge is 0.126 e. The van der Waals surface area contributed by atoms with Gasteiger partial charge in [-0.25, -0.2) is 4.39 Å². The molecule has 106 valence electrons. The van der Waals surface area contributed by atoms with Crippen molar-refractivity contribution in [2.24, 2.45) is 0 Å². The number of halogens is 1. The Labute approximate surface area is 118 Å². The van der Waals surface area contributed by atoms with Crippen LogP contribution in [0.5, 0.6) is 0 Å². The molecule has 0 radical (unpaired) electrons. The maximum Gasteiger partial charge on any atom is 0.126 e. The molecule has 0 amide bonds. The first-order chi connectivity index (χ1) is 9.76. The van der Waals surface area contributed by atoms with Crippen LogP contribution >= 0.6 is 0 Å². The van der Waals surface area contributed by atoms with Crippen LogP contribution in [0.3, 0.4) is 0 Å². The van der Waals surface area contributed by atoms with E-state index < -0.39 is 0 Å². The number of hydrogen-bond donors (Lipinski definition) is 0. The van der Waals surface area contributed by atoms with E-state index in [-0.39, 0.29) is 5.82 Å². The first-order valence-corrected chi connectivity index (χ1v) is 7.04. The Morgan fingerprint density at radius 1 is 1.20 bits per heavy atom. The molecule has 20 heavy (non-hydrogen) atoms. The Kier molecular flexibility index (Phi) is 3.86. The lowest BCUT2D eigenvalue weighted by Crippen LogP contribution is -2.44. The number of benzene rings is 1. The van der Waals surface area contributed by atoms with Crippen molar-refractivity contribution in [3.8, 4) is 6.07 Å². The number of hydrogen-bond acceptors (Lipinski definition) is 4. The van der Waals surface area contributed by atoms with E-state index in [0.717, 1.165) is 51.5 Å². The average Bonchev–Trinajstić information content (AvgIpc) is 2.97. The monoisotopic (exact) mass is 275 g/mol. The molecule has 0 spiro atoms. The quantitative estimate of drug-likeness (QED) is 0.822.